The van der Waals surface area contributed by atoms with E-state index in [1.165, 1.54) is 0 Å². The molecule has 0 saturated carbocycles. The minimum Gasteiger partial charge on any atom is -0.495 e. The fourth-order valence-electron chi connectivity index (χ4n) is 0.993. The molecule has 12 heavy (non-hydrogen) atoms. The van der Waals surface area contributed by atoms with Crippen LogP contribution in [-0.4, -0.2) is 27.0 Å². The van der Waals surface area contributed by atoms with Gasteiger partial charge in [0.15, 0.2) is 0 Å². The number of methoxy groups -OCH3 is 2. The molecule has 1 aromatic rings. The van der Waals surface area contributed by atoms with Crippen LogP contribution in [0.1, 0.15) is 5.69 Å². The molecule has 0 aliphatic heterocycles. The largest absolute Gasteiger partial charge is 0.495 e. The molecule has 1 heterocycles. The quantitative estimate of drug-likeness (QED) is 0.565. The van der Waals surface area contributed by atoms with E-state index in [9.17, 15) is 0 Å². The summed E-state index contributed by atoms with van der Waals surface area (Å²) in [6.45, 7) is 0.490. The Labute approximate surface area is 73.1 Å². The topological polar surface area (TPSA) is 31.4 Å². The highest BCUT2D eigenvalue weighted by molar-refractivity contribution is 6.32. The molecule has 0 bridgehead atoms. The molecule has 4 heteroatoms. The van der Waals surface area contributed by atoms with E-state index in [4.69, 9.17) is 9.47 Å². The average molecular weight is 165 g/mol. The van der Waals surface area contributed by atoms with Crippen molar-refractivity contribution in [2.24, 2.45) is 0 Å². The molecule has 0 spiro atoms. The summed E-state index contributed by atoms with van der Waals surface area (Å²) in [7, 11) is 5.25. The lowest BCUT2D eigenvalue weighted by Crippen LogP contribution is -2.07. The number of ether oxygens (including phenoxy) is 2. The van der Waals surface area contributed by atoms with Crippen LogP contribution in [0.2, 0.25) is 0 Å². The van der Waals surface area contributed by atoms with Crippen LogP contribution in [0.5, 0.6) is 5.75 Å². The zero-order valence-corrected chi connectivity index (χ0v) is 7.63. The van der Waals surface area contributed by atoms with Crippen LogP contribution in [0, 0.1) is 0 Å². The van der Waals surface area contributed by atoms with Gasteiger partial charge in [-0.05, 0) is 6.07 Å². The van der Waals surface area contributed by atoms with E-state index in [2.05, 4.69) is 4.98 Å². The molecule has 3 nitrogen and oxygen atoms in total. The second-order valence-corrected chi connectivity index (χ2v) is 2.59. The standard InChI is InChI=1S/C8H12BNO2/c1-11-5-7-8(12-2)3-6(9)4-10-7/h3-4H,5,9H2,1-2H3. The van der Waals surface area contributed by atoms with Crippen molar-refractivity contribution in [3.8, 4) is 5.75 Å². The van der Waals surface area contributed by atoms with Crippen molar-refractivity contribution in [3.63, 3.8) is 0 Å². The number of rotatable bonds is 3. The third kappa shape index (κ3) is 1.98. The summed E-state index contributed by atoms with van der Waals surface area (Å²) in [6.07, 6.45) is 1.80. The van der Waals surface area contributed by atoms with Crippen LogP contribution in [0.3, 0.4) is 0 Å². The first kappa shape index (κ1) is 9.07. The van der Waals surface area contributed by atoms with Crippen molar-refractivity contribution >= 4 is 13.3 Å². The molecule has 0 aliphatic rings. The summed E-state index contributed by atoms with van der Waals surface area (Å²) in [5, 5.41) is 0. The van der Waals surface area contributed by atoms with Gasteiger partial charge in [0.25, 0.3) is 0 Å². The van der Waals surface area contributed by atoms with E-state index >= 15 is 0 Å². The molecule has 0 amide bonds. The molecule has 0 N–H and O–H groups in total. The normalized spacial score (nSPS) is 9.83. The molecular formula is C8H12BNO2. The monoisotopic (exact) mass is 165 g/mol. The lowest BCUT2D eigenvalue weighted by molar-refractivity contribution is 0.178. The Bertz CT molecular complexity index is 265. The number of pyridine rings is 1. The summed E-state index contributed by atoms with van der Waals surface area (Å²) in [4.78, 5) is 4.19. The van der Waals surface area contributed by atoms with Gasteiger partial charge in [-0.2, -0.15) is 0 Å². The van der Waals surface area contributed by atoms with Gasteiger partial charge in [-0.3, -0.25) is 4.98 Å². The van der Waals surface area contributed by atoms with E-state index in [-0.39, 0.29) is 0 Å². The number of nitrogens with zero attached hydrogens (tertiary/aromatic N) is 1. The molecule has 0 saturated heterocycles. The molecule has 0 unspecified atom stereocenters. The van der Waals surface area contributed by atoms with Gasteiger partial charge < -0.3 is 9.47 Å². The third-order valence-corrected chi connectivity index (χ3v) is 1.57. The van der Waals surface area contributed by atoms with Crippen LogP contribution >= 0.6 is 0 Å². The molecule has 1 rings (SSSR count). The minimum absolute atomic E-state index is 0.490. The zero-order valence-electron chi connectivity index (χ0n) is 7.63. The second-order valence-electron chi connectivity index (χ2n) is 2.59. The molecule has 0 aliphatic carbocycles. The summed E-state index contributed by atoms with van der Waals surface area (Å²) in [5.74, 6) is 0.789. The van der Waals surface area contributed by atoms with Crippen LogP contribution in [0.4, 0.5) is 0 Å². The lowest BCUT2D eigenvalue weighted by Gasteiger charge is -2.06. The van der Waals surface area contributed by atoms with Crippen molar-refractivity contribution in [3.05, 3.63) is 18.0 Å². The Kier molecular flexibility index (Phi) is 3.11. The van der Waals surface area contributed by atoms with Crippen molar-refractivity contribution in [1.82, 2.24) is 4.98 Å². The highest BCUT2D eigenvalue weighted by Crippen LogP contribution is 2.13. The fourth-order valence-corrected chi connectivity index (χ4v) is 0.993. The molecular weight excluding hydrogens is 153 g/mol. The number of aromatic nitrogens is 1. The summed E-state index contributed by atoms with van der Waals surface area (Å²) >= 11 is 0. The third-order valence-electron chi connectivity index (χ3n) is 1.57. The fraction of sp³-hybridized carbons (Fsp3) is 0.375. The van der Waals surface area contributed by atoms with Gasteiger partial charge in [0.05, 0.1) is 13.7 Å². The Morgan fingerprint density at radius 3 is 2.83 bits per heavy atom. The highest BCUT2D eigenvalue weighted by atomic mass is 16.5. The van der Waals surface area contributed by atoms with Gasteiger partial charge in [-0.1, -0.05) is 5.46 Å². The first-order valence-electron chi connectivity index (χ1n) is 3.76. The Morgan fingerprint density at radius 2 is 2.25 bits per heavy atom. The minimum atomic E-state index is 0.490. The Hall–Kier alpha value is -1.03. The molecule has 0 fully saturated rings. The number of hydrogen-bond acceptors (Lipinski definition) is 3. The summed E-state index contributed by atoms with van der Waals surface area (Å²) < 4.78 is 10.1. The smallest absolute Gasteiger partial charge is 0.142 e. The van der Waals surface area contributed by atoms with Crippen molar-refractivity contribution in [2.45, 2.75) is 6.61 Å². The van der Waals surface area contributed by atoms with Crippen LogP contribution in [0.15, 0.2) is 12.3 Å². The highest BCUT2D eigenvalue weighted by Gasteiger charge is 2.02. The van der Waals surface area contributed by atoms with E-state index in [1.807, 2.05) is 13.9 Å². The van der Waals surface area contributed by atoms with Crippen LogP contribution in [0.25, 0.3) is 0 Å². The Balaban J connectivity index is 2.94. The number of hydrogen-bond donors (Lipinski definition) is 0. The van der Waals surface area contributed by atoms with Crippen LogP contribution < -0.4 is 10.2 Å². The SMILES string of the molecule is Bc1cnc(COC)c(OC)c1. The second kappa shape index (κ2) is 4.11. The summed E-state index contributed by atoms with van der Waals surface area (Å²) in [6, 6.07) is 1.95. The molecule has 0 aromatic carbocycles. The van der Waals surface area contributed by atoms with E-state index in [0.717, 1.165) is 16.9 Å². The molecule has 0 radical (unpaired) electrons. The predicted molar refractivity (Wildman–Crippen MR) is 49.7 cm³/mol. The zero-order chi connectivity index (χ0) is 8.97. The van der Waals surface area contributed by atoms with Gasteiger partial charge in [0.1, 0.15) is 19.3 Å². The van der Waals surface area contributed by atoms with Gasteiger partial charge in [0.2, 0.25) is 0 Å². The summed E-state index contributed by atoms with van der Waals surface area (Å²) in [5.41, 5.74) is 1.93. The maximum atomic E-state index is 5.14. The molecule has 0 atom stereocenters. The first-order chi connectivity index (χ1) is 5.77. The van der Waals surface area contributed by atoms with Gasteiger partial charge in [-0.25, -0.2) is 0 Å². The van der Waals surface area contributed by atoms with Crippen molar-refractivity contribution in [1.29, 1.82) is 0 Å². The van der Waals surface area contributed by atoms with Gasteiger partial charge in [0, 0.05) is 13.3 Å². The van der Waals surface area contributed by atoms with Crippen LogP contribution in [-0.2, 0) is 11.3 Å². The van der Waals surface area contributed by atoms with E-state index in [1.54, 1.807) is 20.4 Å². The van der Waals surface area contributed by atoms with Gasteiger partial charge in [-0.15, -0.1) is 0 Å². The lowest BCUT2D eigenvalue weighted by atomic mass is 9.98. The molecule has 64 valence electrons. The van der Waals surface area contributed by atoms with Gasteiger partial charge >= 0.3 is 0 Å². The molecule has 1 aromatic heterocycles. The van der Waals surface area contributed by atoms with Crippen molar-refractivity contribution < 1.29 is 9.47 Å². The Morgan fingerprint density at radius 1 is 1.50 bits per heavy atom. The van der Waals surface area contributed by atoms with E-state index in [0.29, 0.717) is 6.61 Å². The predicted octanol–water partition coefficient (Wildman–Crippen LogP) is -0.505. The maximum Gasteiger partial charge on any atom is 0.142 e. The first-order valence-corrected chi connectivity index (χ1v) is 3.76. The van der Waals surface area contributed by atoms with E-state index < -0.39 is 0 Å². The maximum absolute atomic E-state index is 5.14. The van der Waals surface area contributed by atoms with Crippen molar-refractivity contribution in [2.75, 3.05) is 14.2 Å². The average Bonchev–Trinajstić information content (AvgIpc) is 2.08.